The van der Waals surface area contributed by atoms with Gasteiger partial charge in [-0.05, 0) is 37.5 Å². The Morgan fingerprint density at radius 3 is 2.38 bits per heavy atom. The van der Waals surface area contributed by atoms with Crippen molar-refractivity contribution < 1.29 is 22.1 Å². The summed E-state index contributed by atoms with van der Waals surface area (Å²) in [5.74, 6) is -0.518. The smallest absolute Gasteiger partial charge is 0.323 e. The van der Waals surface area contributed by atoms with Gasteiger partial charge in [-0.15, -0.1) is 0 Å². The minimum atomic E-state index is -3.80. The maximum Gasteiger partial charge on any atom is 0.323 e. The van der Waals surface area contributed by atoms with E-state index in [-0.39, 0.29) is 24.5 Å². The van der Waals surface area contributed by atoms with Gasteiger partial charge in [-0.25, -0.2) is 0 Å². The van der Waals surface area contributed by atoms with E-state index in [0.717, 1.165) is 11.1 Å². The summed E-state index contributed by atoms with van der Waals surface area (Å²) in [6.07, 6.45) is 0.601. The molecule has 0 bridgehead atoms. The average molecular weight is 377 g/mol. The topological polar surface area (TPSA) is 95.7 Å². The summed E-state index contributed by atoms with van der Waals surface area (Å²) < 4.78 is 34.2. The minimum absolute atomic E-state index is 0.0458. The Morgan fingerprint density at radius 2 is 1.73 bits per heavy atom. The Balaban J connectivity index is 1.71. The Hall–Kier alpha value is -2.22. The van der Waals surface area contributed by atoms with Crippen molar-refractivity contribution in [3.63, 3.8) is 0 Å². The summed E-state index contributed by atoms with van der Waals surface area (Å²) >= 11 is 0. The van der Waals surface area contributed by atoms with Crippen molar-refractivity contribution in [1.82, 2.24) is 0 Å². The zero-order valence-corrected chi connectivity index (χ0v) is 15.4. The third-order valence-electron chi connectivity index (χ3n) is 3.73. The third kappa shape index (κ3) is 6.25. The average Bonchev–Trinajstić information content (AvgIpc) is 2.64. The summed E-state index contributed by atoms with van der Waals surface area (Å²) in [5, 5.41) is 0. The van der Waals surface area contributed by atoms with Crippen molar-refractivity contribution in [2.45, 2.75) is 37.3 Å². The van der Waals surface area contributed by atoms with Crippen LogP contribution in [0.5, 0.6) is 0 Å². The van der Waals surface area contributed by atoms with Gasteiger partial charge < -0.3 is 10.5 Å². The Kier molecular flexibility index (Phi) is 7.32. The highest BCUT2D eigenvalue weighted by Gasteiger charge is 2.17. The number of rotatable bonds is 9. The van der Waals surface area contributed by atoms with Gasteiger partial charge in [0, 0.05) is 0 Å². The minimum Gasteiger partial charge on any atom is -0.460 e. The Bertz CT molecular complexity index is 804. The van der Waals surface area contributed by atoms with Gasteiger partial charge in [0.2, 0.25) is 0 Å². The molecule has 0 aliphatic rings. The van der Waals surface area contributed by atoms with E-state index in [1.807, 2.05) is 37.3 Å². The molecule has 0 heterocycles. The lowest BCUT2D eigenvalue weighted by atomic mass is 10.2. The number of ether oxygens (including phenoxy) is 1. The zero-order valence-electron chi connectivity index (χ0n) is 14.6. The molecule has 2 rings (SSSR count). The van der Waals surface area contributed by atoms with E-state index in [4.69, 9.17) is 14.7 Å². The molecule has 0 spiro atoms. The van der Waals surface area contributed by atoms with Crippen molar-refractivity contribution in [1.29, 1.82) is 0 Å². The first-order valence-electron chi connectivity index (χ1n) is 8.31. The van der Waals surface area contributed by atoms with Crippen LogP contribution in [0, 0.1) is 6.92 Å². The van der Waals surface area contributed by atoms with Gasteiger partial charge in [-0.3, -0.25) is 8.98 Å². The number of benzene rings is 2. The monoisotopic (exact) mass is 377 g/mol. The highest BCUT2D eigenvalue weighted by molar-refractivity contribution is 7.86. The summed E-state index contributed by atoms with van der Waals surface area (Å²) in [6, 6.07) is 14.9. The van der Waals surface area contributed by atoms with Gasteiger partial charge in [0.25, 0.3) is 10.1 Å². The van der Waals surface area contributed by atoms with E-state index in [1.165, 1.54) is 12.1 Å². The molecule has 26 heavy (non-hydrogen) atoms. The van der Waals surface area contributed by atoms with Crippen molar-refractivity contribution in [2.75, 3.05) is 6.61 Å². The first-order chi connectivity index (χ1) is 12.4. The highest BCUT2D eigenvalue weighted by atomic mass is 32.2. The highest BCUT2D eigenvalue weighted by Crippen LogP contribution is 2.14. The van der Waals surface area contributed by atoms with Gasteiger partial charge in [0.1, 0.15) is 12.6 Å². The molecule has 0 saturated heterocycles. The first-order valence-corrected chi connectivity index (χ1v) is 9.71. The van der Waals surface area contributed by atoms with E-state index in [9.17, 15) is 13.2 Å². The maximum atomic E-state index is 12.0. The molecule has 0 unspecified atom stereocenters. The number of aryl methyl sites for hydroxylation is 1. The van der Waals surface area contributed by atoms with Crippen LogP contribution in [-0.4, -0.2) is 27.0 Å². The summed E-state index contributed by atoms with van der Waals surface area (Å²) in [4.78, 5) is 12.0. The molecular weight excluding hydrogens is 354 g/mol. The standard InChI is InChI=1S/C19H23NO5S/c1-15-9-11-17(12-10-15)26(22,23)25-13-5-8-18(20)19(21)24-14-16-6-3-2-4-7-16/h2-4,6-7,9-12,18H,5,8,13-14,20H2,1H3/t18-/m0/s1. The molecule has 0 aliphatic carbocycles. The van der Waals surface area contributed by atoms with Crippen LogP contribution in [0.3, 0.4) is 0 Å². The molecule has 2 aromatic rings. The molecule has 2 aromatic carbocycles. The van der Waals surface area contributed by atoms with Gasteiger partial charge in [-0.2, -0.15) is 8.42 Å². The second-order valence-corrected chi connectivity index (χ2v) is 7.55. The number of hydrogen-bond acceptors (Lipinski definition) is 6. The molecular formula is C19H23NO5S. The Morgan fingerprint density at radius 1 is 1.08 bits per heavy atom. The lowest BCUT2D eigenvalue weighted by Gasteiger charge is -2.12. The molecule has 0 aliphatic heterocycles. The zero-order chi connectivity index (χ0) is 19.0. The van der Waals surface area contributed by atoms with E-state index in [1.54, 1.807) is 12.1 Å². The predicted molar refractivity (Wildman–Crippen MR) is 97.8 cm³/mol. The second-order valence-electron chi connectivity index (χ2n) is 5.93. The van der Waals surface area contributed by atoms with Gasteiger partial charge >= 0.3 is 5.97 Å². The van der Waals surface area contributed by atoms with E-state index >= 15 is 0 Å². The summed E-state index contributed by atoms with van der Waals surface area (Å²) in [5.41, 5.74) is 7.62. The largest absolute Gasteiger partial charge is 0.460 e. The van der Waals surface area contributed by atoms with Crippen molar-refractivity contribution >= 4 is 16.1 Å². The van der Waals surface area contributed by atoms with Gasteiger partial charge in [-0.1, -0.05) is 48.0 Å². The van der Waals surface area contributed by atoms with E-state index in [0.29, 0.717) is 6.42 Å². The molecule has 0 radical (unpaired) electrons. The molecule has 0 amide bonds. The summed E-state index contributed by atoms with van der Waals surface area (Å²) in [6.45, 7) is 1.98. The molecule has 140 valence electrons. The van der Waals surface area contributed by atoms with Crippen LogP contribution in [-0.2, 0) is 30.4 Å². The maximum absolute atomic E-state index is 12.0. The lowest BCUT2D eigenvalue weighted by molar-refractivity contribution is -0.146. The fourth-order valence-corrected chi connectivity index (χ4v) is 3.14. The Labute approximate surface area is 154 Å². The second kappa shape index (κ2) is 9.47. The van der Waals surface area contributed by atoms with Crippen molar-refractivity contribution in [3.8, 4) is 0 Å². The number of carbonyl (C=O) groups excluding carboxylic acids is 1. The lowest BCUT2D eigenvalue weighted by Crippen LogP contribution is -2.32. The number of nitrogens with two attached hydrogens (primary N) is 1. The third-order valence-corrected chi connectivity index (χ3v) is 5.06. The molecule has 0 fully saturated rings. The molecule has 1 atom stereocenters. The van der Waals surface area contributed by atoms with Gasteiger partial charge in [0.05, 0.1) is 11.5 Å². The fraction of sp³-hybridized carbons (Fsp3) is 0.316. The first kappa shape index (κ1) is 20.1. The van der Waals surface area contributed by atoms with Crippen molar-refractivity contribution in [3.05, 3.63) is 65.7 Å². The van der Waals surface area contributed by atoms with Crippen LogP contribution in [0.15, 0.2) is 59.5 Å². The van der Waals surface area contributed by atoms with Crippen LogP contribution < -0.4 is 5.73 Å². The normalized spacial score (nSPS) is 12.5. The van der Waals surface area contributed by atoms with Crippen LogP contribution in [0.1, 0.15) is 24.0 Å². The quantitative estimate of drug-likeness (QED) is 0.410. The van der Waals surface area contributed by atoms with E-state index < -0.39 is 22.1 Å². The SMILES string of the molecule is Cc1ccc(S(=O)(=O)OCCC[C@H](N)C(=O)OCc2ccccc2)cc1. The number of hydrogen-bond donors (Lipinski definition) is 1. The fourth-order valence-electron chi connectivity index (χ4n) is 2.20. The van der Waals surface area contributed by atoms with Crippen LogP contribution in [0.2, 0.25) is 0 Å². The van der Waals surface area contributed by atoms with Crippen LogP contribution in [0.25, 0.3) is 0 Å². The van der Waals surface area contributed by atoms with Crippen LogP contribution >= 0.6 is 0 Å². The predicted octanol–water partition coefficient (Wildman–Crippen LogP) is 2.55. The van der Waals surface area contributed by atoms with Crippen molar-refractivity contribution in [2.24, 2.45) is 5.73 Å². The number of carbonyl (C=O) groups is 1. The van der Waals surface area contributed by atoms with E-state index in [2.05, 4.69) is 0 Å². The van der Waals surface area contributed by atoms with Gasteiger partial charge in [0.15, 0.2) is 0 Å². The molecule has 6 nitrogen and oxygen atoms in total. The molecule has 2 N–H and O–H groups in total. The summed E-state index contributed by atoms with van der Waals surface area (Å²) in [7, 11) is -3.80. The molecule has 0 saturated carbocycles. The van der Waals surface area contributed by atoms with Crippen LogP contribution in [0.4, 0.5) is 0 Å². The number of esters is 1. The molecule has 0 aromatic heterocycles. The molecule has 7 heteroatoms.